The second kappa shape index (κ2) is 7.59. The van der Waals surface area contributed by atoms with Crippen molar-refractivity contribution in [3.63, 3.8) is 0 Å². The molecule has 142 valence electrons. The monoisotopic (exact) mass is 391 g/mol. The summed E-state index contributed by atoms with van der Waals surface area (Å²) in [6.45, 7) is 6.04. The first-order valence-electron chi connectivity index (χ1n) is 9.20. The predicted octanol–water partition coefficient (Wildman–Crippen LogP) is 4.19. The van der Waals surface area contributed by atoms with E-state index in [0.717, 1.165) is 40.1 Å². The summed E-state index contributed by atoms with van der Waals surface area (Å²) in [7, 11) is 0. The zero-order chi connectivity index (χ0) is 19.7. The van der Waals surface area contributed by atoms with Gasteiger partial charge in [-0.2, -0.15) is 0 Å². The van der Waals surface area contributed by atoms with E-state index in [0.29, 0.717) is 10.7 Å². The standard InChI is InChI=1S/C21H21N5OS/c1-4-17-24-25-20-21(22-15-10-5-6-11-16(15)26(17)20)28-12-18(27)23-19-13(2)8-7-9-14(19)3/h5-11H,4,12H2,1-3H3,(H,23,27). The number of benzene rings is 2. The lowest BCUT2D eigenvalue weighted by Crippen LogP contribution is -2.16. The zero-order valence-corrected chi connectivity index (χ0v) is 16.9. The molecule has 4 aromatic rings. The summed E-state index contributed by atoms with van der Waals surface area (Å²) in [6.07, 6.45) is 0.770. The molecule has 2 aromatic heterocycles. The number of aryl methyl sites for hydroxylation is 3. The number of hydrogen-bond acceptors (Lipinski definition) is 5. The number of fused-ring (bicyclic) bond motifs is 3. The third kappa shape index (κ3) is 3.33. The predicted molar refractivity (Wildman–Crippen MR) is 113 cm³/mol. The van der Waals surface area contributed by atoms with E-state index in [2.05, 4.69) is 22.4 Å². The van der Waals surface area contributed by atoms with Gasteiger partial charge in [0.25, 0.3) is 0 Å². The summed E-state index contributed by atoms with van der Waals surface area (Å²) in [4.78, 5) is 17.3. The lowest BCUT2D eigenvalue weighted by atomic mass is 10.1. The minimum absolute atomic E-state index is 0.0641. The van der Waals surface area contributed by atoms with Crippen molar-refractivity contribution in [2.24, 2.45) is 0 Å². The molecule has 0 aliphatic rings. The van der Waals surface area contributed by atoms with Crippen molar-refractivity contribution in [1.29, 1.82) is 0 Å². The van der Waals surface area contributed by atoms with Crippen LogP contribution in [0.2, 0.25) is 0 Å². The van der Waals surface area contributed by atoms with Gasteiger partial charge < -0.3 is 5.32 Å². The Morgan fingerprint density at radius 3 is 2.57 bits per heavy atom. The highest BCUT2D eigenvalue weighted by Gasteiger charge is 2.16. The molecule has 28 heavy (non-hydrogen) atoms. The minimum Gasteiger partial charge on any atom is -0.325 e. The molecule has 2 aromatic carbocycles. The van der Waals surface area contributed by atoms with Crippen LogP contribution in [0.5, 0.6) is 0 Å². The molecular weight excluding hydrogens is 370 g/mol. The second-order valence-corrected chi connectivity index (χ2v) is 7.60. The third-order valence-electron chi connectivity index (χ3n) is 4.67. The molecule has 0 spiro atoms. The number of para-hydroxylation sites is 3. The van der Waals surface area contributed by atoms with E-state index in [9.17, 15) is 4.79 Å². The molecule has 0 saturated heterocycles. The number of anilines is 1. The van der Waals surface area contributed by atoms with Crippen molar-refractivity contribution in [3.8, 4) is 0 Å². The molecular formula is C21H21N5OS. The van der Waals surface area contributed by atoms with Crippen LogP contribution >= 0.6 is 11.8 Å². The van der Waals surface area contributed by atoms with Crippen LogP contribution in [-0.2, 0) is 11.2 Å². The van der Waals surface area contributed by atoms with Crippen LogP contribution in [0.15, 0.2) is 47.5 Å². The first-order chi connectivity index (χ1) is 13.6. The van der Waals surface area contributed by atoms with E-state index in [1.54, 1.807) is 0 Å². The van der Waals surface area contributed by atoms with Gasteiger partial charge in [-0.15, -0.1) is 10.2 Å². The van der Waals surface area contributed by atoms with Crippen LogP contribution in [0.1, 0.15) is 23.9 Å². The summed E-state index contributed by atoms with van der Waals surface area (Å²) in [6, 6.07) is 13.9. The Morgan fingerprint density at radius 2 is 1.82 bits per heavy atom. The molecule has 0 radical (unpaired) electrons. The summed E-state index contributed by atoms with van der Waals surface area (Å²) >= 11 is 1.38. The maximum absolute atomic E-state index is 12.5. The molecule has 6 nitrogen and oxygen atoms in total. The van der Waals surface area contributed by atoms with Crippen molar-refractivity contribution in [1.82, 2.24) is 19.6 Å². The Labute approximate surface area is 167 Å². The molecule has 1 amide bonds. The maximum Gasteiger partial charge on any atom is 0.234 e. The van der Waals surface area contributed by atoms with E-state index in [-0.39, 0.29) is 11.7 Å². The van der Waals surface area contributed by atoms with Gasteiger partial charge in [0.1, 0.15) is 10.9 Å². The lowest BCUT2D eigenvalue weighted by molar-refractivity contribution is -0.113. The highest BCUT2D eigenvalue weighted by atomic mass is 32.2. The number of amides is 1. The maximum atomic E-state index is 12.5. The van der Waals surface area contributed by atoms with Crippen LogP contribution in [0.3, 0.4) is 0 Å². The van der Waals surface area contributed by atoms with Gasteiger partial charge in [0.15, 0.2) is 5.65 Å². The molecule has 0 saturated carbocycles. The van der Waals surface area contributed by atoms with Gasteiger partial charge in [0, 0.05) is 12.1 Å². The third-order valence-corrected chi connectivity index (χ3v) is 5.62. The first kappa shape index (κ1) is 18.4. The minimum atomic E-state index is -0.0641. The van der Waals surface area contributed by atoms with Crippen LogP contribution in [0, 0.1) is 13.8 Å². The van der Waals surface area contributed by atoms with E-state index in [1.807, 2.05) is 60.7 Å². The summed E-state index contributed by atoms with van der Waals surface area (Å²) < 4.78 is 2.04. The molecule has 0 aliphatic heterocycles. The molecule has 0 unspecified atom stereocenters. The number of carbonyl (C=O) groups is 1. The highest BCUT2D eigenvalue weighted by molar-refractivity contribution is 8.00. The summed E-state index contributed by atoms with van der Waals surface area (Å²) in [5, 5.41) is 12.4. The fourth-order valence-corrected chi connectivity index (χ4v) is 4.03. The molecule has 0 aliphatic carbocycles. The van der Waals surface area contributed by atoms with E-state index >= 15 is 0 Å². The van der Waals surface area contributed by atoms with Gasteiger partial charge in [-0.25, -0.2) is 4.98 Å². The zero-order valence-electron chi connectivity index (χ0n) is 16.1. The van der Waals surface area contributed by atoms with Crippen LogP contribution < -0.4 is 5.32 Å². The van der Waals surface area contributed by atoms with E-state index in [4.69, 9.17) is 4.98 Å². The Morgan fingerprint density at radius 1 is 1.07 bits per heavy atom. The van der Waals surface area contributed by atoms with Gasteiger partial charge in [-0.1, -0.05) is 49.0 Å². The van der Waals surface area contributed by atoms with Crippen molar-refractivity contribution >= 4 is 40.0 Å². The lowest BCUT2D eigenvalue weighted by Gasteiger charge is -2.11. The molecule has 0 bridgehead atoms. The van der Waals surface area contributed by atoms with Crippen molar-refractivity contribution < 1.29 is 4.79 Å². The number of aromatic nitrogens is 4. The fourth-order valence-electron chi connectivity index (χ4n) is 3.26. The number of rotatable bonds is 5. The second-order valence-electron chi connectivity index (χ2n) is 6.64. The first-order valence-corrected chi connectivity index (χ1v) is 10.2. The molecule has 7 heteroatoms. The van der Waals surface area contributed by atoms with Crippen LogP contribution in [0.4, 0.5) is 5.69 Å². The number of carbonyl (C=O) groups excluding carboxylic acids is 1. The summed E-state index contributed by atoms with van der Waals surface area (Å²) in [5.74, 6) is 1.07. The average molecular weight is 392 g/mol. The quantitative estimate of drug-likeness (QED) is 0.517. The van der Waals surface area contributed by atoms with E-state index < -0.39 is 0 Å². The molecule has 1 N–H and O–H groups in total. The number of hydrogen-bond donors (Lipinski definition) is 1. The molecule has 0 fully saturated rings. The van der Waals surface area contributed by atoms with Gasteiger partial charge in [-0.05, 0) is 37.1 Å². The van der Waals surface area contributed by atoms with Gasteiger partial charge in [-0.3, -0.25) is 9.20 Å². The largest absolute Gasteiger partial charge is 0.325 e. The normalized spacial score (nSPS) is 11.2. The molecule has 4 rings (SSSR count). The van der Waals surface area contributed by atoms with Crippen molar-refractivity contribution in [3.05, 3.63) is 59.4 Å². The smallest absolute Gasteiger partial charge is 0.234 e. The number of nitrogens with zero attached hydrogens (tertiary/aromatic N) is 4. The Bertz CT molecular complexity index is 1160. The van der Waals surface area contributed by atoms with Crippen LogP contribution in [0.25, 0.3) is 16.7 Å². The number of nitrogens with one attached hydrogen (secondary N) is 1. The van der Waals surface area contributed by atoms with Crippen molar-refractivity contribution in [2.45, 2.75) is 32.2 Å². The Hall–Kier alpha value is -2.93. The van der Waals surface area contributed by atoms with Crippen molar-refractivity contribution in [2.75, 3.05) is 11.1 Å². The molecule has 2 heterocycles. The fraction of sp³-hybridized carbons (Fsp3) is 0.238. The van der Waals surface area contributed by atoms with E-state index in [1.165, 1.54) is 11.8 Å². The summed E-state index contributed by atoms with van der Waals surface area (Å²) in [5.41, 5.74) is 5.51. The Kier molecular flexibility index (Phi) is 5.00. The SMILES string of the molecule is CCc1nnc2c(SCC(=O)Nc3c(C)cccc3C)nc3ccccc3n12. The Balaban J connectivity index is 1.62. The van der Waals surface area contributed by atoms with Gasteiger partial charge in [0.05, 0.1) is 16.8 Å². The van der Waals surface area contributed by atoms with Gasteiger partial charge in [0.2, 0.25) is 5.91 Å². The van der Waals surface area contributed by atoms with Gasteiger partial charge >= 0.3 is 0 Å². The topological polar surface area (TPSA) is 72.2 Å². The average Bonchev–Trinajstić information content (AvgIpc) is 3.14. The molecule has 0 atom stereocenters. The highest BCUT2D eigenvalue weighted by Crippen LogP contribution is 2.26. The van der Waals surface area contributed by atoms with Crippen LogP contribution in [-0.4, -0.2) is 31.2 Å². The number of thioether (sulfide) groups is 1.